The molecule has 9 aromatic carbocycles. The molecule has 0 aliphatic rings. The summed E-state index contributed by atoms with van der Waals surface area (Å²) in [5.41, 5.74) is 12.9. The number of fused-ring (bicyclic) bond motifs is 3. The third-order valence-corrected chi connectivity index (χ3v) is 9.84. The molecule has 0 saturated carbocycles. The summed E-state index contributed by atoms with van der Waals surface area (Å²) in [5, 5.41) is 5.05. The summed E-state index contributed by atoms with van der Waals surface area (Å²) in [6.07, 6.45) is 0. The first-order valence-electron chi connectivity index (χ1n) is 17.5. The Morgan fingerprint density at radius 2 is 0.843 bits per heavy atom. The first-order valence-corrected chi connectivity index (χ1v) is 17.5. The van der Waals surface area contributed by atoms with Crippen LogP contribution in [-0.2, 0) is 0 Å². The fraction of sp³-hybridized carbons (Fsp3) is 0. The minimum atomic E-state index is 1.10. The zero-order chi connectivity index (χ0) is 34.0. The molecule has 0 aliphatic heterocycles. The maximum absolute atomic E-state index is 2.40. The summed E-state index contributed by atoms with van der Waals surface area (Å²) in [4.78, 5) is 2.40. The van der Waals surface area contributed by atoms with Gasteiger partial charge in [-0.25, -0.2) is 0 Å². The van der Waals surface area contributed by atoms with Crippen molar-refractivity contribution in [3.63, 3.8) is 0 Å². The number of hydrogen-bond acceptors (Lipinski definition) is 1. The lowest BCUT2D eigenvalue weighted by atomic mass is 9.90. The Bertz CT molecular complexity index is 2620. The van der Waals surface area contributed by atoms with Crippen LogP contribution in [0.15, 0.2) is 212 Å². The molecule has 0 N–H and O–H groups in total. The highest BCUT2D eigenvalue weighted by Gasteiger charge is 2.20. The molecule has 0 bridgehead atoms. The average molecular weight is 650 g/mol. The Morgan fingerprint density at radius 3 is 1.63 bits per heavy atom. The van der Waals surface area contributed by atoms with E-state index in [9.17, 15) is 0 Å². The lowest BCUT2D eigenvalue weighted by molar-refractivity contribution is 1.28. The molecular formula is C50H35N. The monoisotopic (exact) mass is 649 g/mol. The number of para-hydroxylation sites is 2. The Kier molecular flexibility index (Phi) is 7.92. The Morgan fingerprint density at radius 1 is 0.255 bits per heavy atom. The molecule has 1 nitrogen and oxygen atoms in total. The number of nitrogens with zero attached hydrogens (tertiary/aromatic N) is 1. The highest BCUT2D eigenvalue weighted by atomic mass is 15.1. The van der Waals surface area contributed by atoms with Gasteiger partial charge in [0.15, 0.2) is 0 Å². The number of rotatable bonds is 7. The molecule has 0 saturated heterocycles. The van der Waals surface area contributed by atoms with Crippen LogP contribution in [0.4, 0.5) is 17.1 Å². The van der Waals surface area contributed by atoms with Gasteiger partial charge in [-0.15, -0.1) is 0 Å². The second-order valence-corrected chi connectivity index (χ2v) is 12.9. The van der Waals surface area contributed by atoms with Gasteiger partial charge in [-0.05, 0) is 103 Å². The Balaban J connectivity index is 1.25. The van der Waals surface area contributed by atoms with Gasteiger partial charge in [0.05, 0.1) is 5.69 Å². The maximum Gasteiger partial charge on any atom is 0.0540 e. The van der Waals surface area contributed by atoms with Crippen molar-refractivity contribution in [1.82, 2.24) is 0 Å². The van der Waals surface area contributed by atoms with Crippen LogP contribution in [0.1, 0.15) is 0 Å². The summed E-state index contributed by atoms with van der Waals surface area (Å²) in [6.45, 7) is 0. The van der Waals surface area contributed by atoms with Crippen molar-refractivity contribution in [2.75, 3.05) is 4.90 Å². The molecule has 1 heteroatoms. The van der Waals surface area contributed by atoms with Crippen molar-refractivity contribution >= 4 is 38.6 Å². The normalized spacial score (nSPS) is 11.1. The second-order valence-electron chi connectivity index (χ2n) is 12.9. The van der Waals surface area contributed by atoms with Gasteiger partial charge in [0.2, 0.25) is 0 Å². The first-order chi connectivity index (χ1) is 25.3. The predicted molar refractivity (Wildman–Crippen MR) is 218 cm³/mol. The third kappa shape index (κ3) is 5.75. The quantitative estimate of drug-likeness (QED) is 0.155. The van der Waals surface area contributed by atoms with Crippen molar-refractivity contribution in [2.45, 2.75) is 0 Å². The van der Waals surface area contributed by atoms with Crippen LogP contribution in [0.2, 0.25) is 0 Å². The van der Waals surface area contributed by atoms with E-state index in [1.54, 1.807) is 0 Å². The molecular weight excluding hydrogens is 615 g/mol. The molecule has 240 valence electrons. The SMILES string of the molecule is c1ccc(-c2ccc(-c3ccccc3N(c3ccccc3)c3cccc(-c4cc5ccccc5c5ccccc45)c3)c(-c3ccccc3)c2)cc1. The van der Waals surface area contributed by atoms with Crippen LogP contribution in [0.5, 0.6) is 0 Å². The maximum atomic E-state index is 2.40. The standard InChI is InChI=1S/C50H35N/c1-4-17-36(18-5-1)38-31-32-46(48(34-38)37-19-6-2-7-20-37)47-29-14-15-30-50(47)51(41-23-8-3-9-24-41)42-25-16-22-39(33-42)49-35-40-21-10-11-26-43(40)44-27-12-13-28-45(44)49/h1-35H. The molecule has 0 aliphatic carbocycles. The summed E-state index contributed by atoms with van der Waals surface area (Å²) in [5.74, 6) is 0. The lowest BCUT2D eigenvalue weighted by Crippen LogP contribution is -2.11. The van der Waals surface area contributed by atoms with E-state index in [0.29, 0.717) is 0 Å². The average Bonchev–Trinajstić information content (AvgIpc) is 3.22. The zero-order valence-corrected chi connectivity index (χ0v) is 28.2. The van der Waals surface area contributed by atoms with E-state index in [0.717, 1.165) is 17.1 Å². The van der Waals surface area contributed by atoms with E-state index < -0.39 is 0 Å². The van der Waals surface area contributed by atoms with Crippen LogP contribution >= 0.6 is 0 Å². The number of hydrogen-bond donors (Lipinski definition) is 0. The molecule has 0 unspecified atom stereocenters. The zero-order valence-electron chi connectivity index (χ0n) is 28.2. The van der Waals surface area contributed by atoms with Crippen molar-refractivity contribution in [2.24, 2.45) is 0 Å². The molecule has 0 spiro atoms. The van der Waals surface area contributed by atoms with E-state index in [-0.39, 0.29) is 0 Å². The van der Waals surface area contributed by atoms with E-state index in [1.807, 2.05) is 0 Å². The molecule has 0 fully saturated rings. The van der Waals surface area contributed by atoms with Crippen molar-refractivity contribution in [3.8, 4) is 44.5 Å². The van der Waals surface area contributed by atoms with Crippen LogP contribution in [0, 0.1) is 0 Å². The second kappa shape index (κ2) is 13.3. The third-order valence-electron chi connectivity index (χ3n) is 9.84. The minimum absolute atomic E-state index is 1.10. The van der Waals surface area contributed by atoms with Gasteiger partial charge in [0.1, 0.15) is 0 Å². The molecule has 0 heterocycles. The highest BCUT2D eigenvalue weighted by Crippen LogP contribution is 2.45. The van der Waals surface area contributed by atoms with Crippen molar-refractivity contribution in [1.29, 1.82) is 0 Å². The largest absolute Gasteiger partial charge is 0.310 e. The minimum Gasteiger partial charge on any atom is -0.310 e. The fourth-order valence-corrected chi connectivity index (χ4v) is 7.45. The van der Waals surface area contributed by atoms with E-state index in [1.165, 1.54) is 66.1 Å². The van der Waals surface area contributed by atoms with E-state index in [4.69, 9.17) is 0 Å². The van der Waals surface area contributed by atoms with Crippen molar-refractivity contribution < 1.29 is 0 Å². The Labute approximate surface area is 299 Å². The van der Waals surface area contributed by atoms with Gasteiger partial charge < -0.3 is 4.90 Å². The first kappa shape index (κ1) is 30.4. The topological polar surface area (TPSA) is 3.24 Å². The van der Waals surface area contributed by atoms with Gasteiger partial charge in [0, 0.05) is 16.9 Å². The number of benzene rings is 9. The summed E-state index contributed by atoms with van der Waals surface area (Å²) in [7, 11) is 0. The summed E-state index contributed by atoms with van der Waals surface area (Å²) in [6, 6.07) is 76.6. The summed E-state index contributed by atoms with van der Waals surface area (Å²) < 4.78 is 0. The molecule has 0 radical (unpaired) electrons. The van der Waals surface area contributed by atoms with Crippen molar-refractivity contribution in [3.05, 3.63) is 212 Å². The van der Waals surface area contributed by atoms with E-state index in [2.05, 4.69) is 217 Å². The van der Waals surface area contributed by atoms with Crippen LogP contribution < -0.4 is 4.90 Å². The fourth-order valence-electron chi connectivity index (χ4n) is 7.45. The predicted octanol–water partition coefficient (Wildman–Crippen LogP) is 14.1. The molecule has 9 rings (SSSR count). The van der Waals surface area contributed by atoms with E-state index >= 15 is 0 Å². The van der Waals surface area contributed by atoms with Gasteiger partial charge in [-0.2, -0.15) is 0 Å². The molecule has 0 amide bonds. The molecule has 0 atom stereocenters. The highest BCUT2D eigenvalue weighted by molar-refractivity contribution is 6.14. The van der Waals surface area contributed by atoms with Crippen LogP contribution in [0.3, 0.4) is 0 Å². The van der Waals surface area contributed by atoms with Crippen LogP contribution in [0.25, 0.3) is 66.1 Å². The number of anilines is 3. The molecule has 51 heavy (non-hydrogen) atoms. The van der Waals surface area contributed by atoms with Gasteiger partial charge in [-0.3, -0.25) is 0 Å². The van der Waals surface area contributed by atoms with Gasteiger partial charge in [-0.1, -0.05) is 170 Å². The molecule has 9 aromatic rings. The van der Waals surface area contributed by atoms with Gasteiger partial charge in [0.25, 0.3) is 0 Å². The smallest absolute Gasteiger partial charge is 0.0540 e. The lowest BCUT2D eigenvalue weighted by Gasteiger charge is -2.29. The molecule has 0 aromatic heterocycles. The summed E-state index contributed by atoms with van der Waals surface area (Å²) >= 11 is 0. The van der Waals surface area contributed by atoms with Crippen LogP contribution in [-0.4, -0.2) is 0 Å². The van der Waals surface area contributed by atoms with Gasteiger partial charge >= 0.3 is 0 Å². The Hall–Kier alpha value is -6.70.